The fraction of sp³-hybridized carbons (Fsp3) is 0.438. The Hall–Kier alpha value is -1.61. The van der Waals surface area contributed by atoms with E-state index in [-0.39, 0.29) is 0 Å². The number of nitrogens with zero attached hydrogens (tertiary/aromatic N) is 2. The molecule has 0 fully saturated rings. The van der Waals surface area contributed by atoms with E-state index in [1.54, 1.807) is 6.20 Å². The zero-order chi connectivity index (χ0) is 13.5. The molecule has 0 saturated heterocycles. The highest BCUT2D eigenvalue weighted by Gasteiger charge is 1.98. The van der Waals surface area contributed by atoms with Crippen molar-refractivity contribution >= 4 is 0 Å². The summed E-state index contributed by atoms with van der Waals surface area (Å²) in [6, 6.07) is 10.5. The number of aromatic nitrogens is 2. The topological polar surface area (TPSA) is 29.9 Å². The molecule has 2 rings (SSSR count). The van der Waals surface area contributed by atoms with Gasteiger partial charge in [0.15, 0.2) is 0 Å². The van der Waals surface area contributed by atoms with Crippen molar-refractivity contribution in [1.29, 1.82) is 0 Å². The molecule has 2 aromatic rings. The minimum atomic E-state index is 0.801. The molecule has 0 aliphatic carbocycles. The second kappa shape index (κ2) is 7.10. The van der Waals surface area contributed by atoms with Crippen molar-refractivity contribution < 1.29 is 0 Å². The van der Waals surface area contributed by atoms with Gasteiger partial charge in [-0.25, -0.2) is 4.68 Å². The van der Waals surface area contributed by atoms with Gasteiger partial charge in [0.1, 0.15) is 0 Å². The molecular weight excluding hydrogens is 234 g/mol. The molecule has 0 aliphatic heterocycles. The summed E-state index contributed by atoms with van der Waals surface area (Å²) in [7, 11) is 0. The molecule has 0 aliphatic rings. The third kappa shape index (κ3) is 4.52. The Morgan fingerprint density at radius 3 is 2.63 bits per heavy atom. The Morgan fingerprint density at radius 2 is 2.00 bits per heavy atom. The molecule has 1 N–H and O–H groups in total. The maximum atomic E-state index is 4.22. The lowest BCUT2D eigenvalue weighted by atomic mass is 10.1. The maximum absolute atomic E-state index is 4.22. The van der Waals surface area contributed by atoms with Gasteiger partial charge in [0.05, 0.1) is 5.69 Å². The van der Waals surface area contributed by atoms with Gasteiger partial charge in [-0.3, -0.25) is 0 Å². The normalized spacial score (nSPS) is 11.1. The van der Waals surface area contributed by atoms with Crippen molar-refractivity contribution in [3.05, 3.63) is 48.3 Å². The molecule has 0 unspecified atom stereocenters. The third-order valence-electron chi connectivity index (χ3n) is 3.17. The monoisotopic (exact) mass is 257 g/mol. The molecule has 3 nitrogen and oxygen atoms in total. The van der Waals surface area contributed by atoms with Crippen molar-refractivity contribution in [3.63, 3.8) is 0 Å². The van der Waals surface area contributed by atoms with Crippen LogP contribution in [-0.2, 0) is 6.54 Å². The zero-order valence-electron chi connectivity index (χ0n) is 11.8. The number of rotatable bonds is 7. The van der Waals surface area contributed by atoms with E-state index < -0.39 is 0 Å². The van der Waals surface area contributed by atoms with Crippen molar-refractivity contribution in [1.82, 2.24) is 15.1 Å². The van der Waals surface area contributed by atoms with E-state index in [1.165, 1.54) is 18.4 Å². The van der Waals surface area contributed by atoms with E-state index in [0.717, 1.165) is 24.7 Å². The van der Waals surface area contributed by atoms with Crippen LogP contribution in [0.3, 0.4) is 0 Å². The summed E-state index contributed by atoms with van der Waals surface area (Å²) in [4.78, 5) is 0. The van der Waals surface area contributed by atoms with Gasteiger partial charge in [0.25, 0.3) is 0 Å². The van der Waals surface area contributed by atoms with Crippen molar-refractivity contribution in [2.75, 3.05) is 6.54 Å². The molecule has 0 atom stereocenters. The quantitative estimate of drug-likeness (QED) is 0.770. The molecule has 0 bridgehead atoms. The van der Waals surface area contributed by atoms with Gasteiger partial charge in [0, 0.05) is 18.9 Å². The lowest BCUT2D eigenvalue weighted by Gasteiger charge is -2.07. The van der Waals surface area contributed by atoms with Crippen LogP contribution in [0, 0.1) is 5.92 Å². The van der Waals surface area contributed by atoms with Crippen molar-refractivity contribution in [2.45, 2.75) is 33.2 Å². The van der Waals surface area contributed by atoms with Crippen LogP contribution in [0.15, 0.2) is 42.7 Å². The average molecular weight is 257 g/mol. The molecule has 3 heteroatoms. The molecule has 1 aromatic heterocycles. The highest BCUT2D eigenvalue weighted by atomic mass is 15.3. The third-order valence-corrected chi connectivity index (χ3v) is 3.17. The van der Waals surface area contributed by atoms with E-state index in [1.807, 2.05) is 16.9 Å². The van der Waals surface area contributed by atoms with Crippen LogP contribution in [-0.4, -0.2) is 16.3 Å². The van der Waals surface area contributed by atoms with Crippen LogP contribution in [0.2, 0.25) is 0 Å². The molecular formula is C16H23N3. The van der Waals surface area contributed by atoms with Crippen LogP contribution in [0.1, 0.15) is 32.3 Å². The first-order chi connectivity index (χ1) is 9.25. The second-order valence-corrected chi connectivity index (χ2v) is 5.33. The highest BCUT2D eigenvalue weighted by molar-refractivity contribution is 5.33. The number of nitrogens with one attached hydrogen (secondary N) is 1. The predicted octanol–water partition coefficient (Wildman–Crippen LogP) is 3.40. The Bertz CT molecular complexity index is 457. The SMILES string of the molecule is CC(C)CCCNCc1ccc(-n2cccn2)cc1. The summed E-state index contributed by atoms with van der Waals surface area (Å²) in [5.41, 5.74) is 2.43. The van der Waals surface area contributed by atoms with Crippen LogP contribution >= 0.6 is 0 Å². The number of hydrogen-bond acceptors (Lipinski definition) is 2. The van der Waals surface area contributed by atoms with Gasteiger partial charge in [0.2, 0.25) is 0 Å². The van der Waals surface area contributed by atoms with Crippen LogP contribution in [0.4, 0.5) is 0 Å². The van der Waals surface area contributed by atoms with E-state index in [9.17, 15) is 0 Å². The second-order valence-electron chi connectivity index (χ2n) is 5.33. The fourth-order valence-corrected chi connectivity index (χ4v) is 2.06. The first kappa shape index (κ1) is 13.8. The van der Waals surface area contributed by atoms with Crippen LogP contribution in [0.25, 0.3) is 5.69 Å². The molecule has 0 spiro atoms. The first-order valence-corrected chi connectivity index (χ1v) is 7.05. The van der Waals surface area contributed by atoms with Gasteiger partial charge < -0.3 is 5.32 Å². The highest BCUT2D eigenvalue weighted by Crippen LogP contribution is 2.08. The summed E-state index contributed by atoms with van der Waals surface area (Å²) in [6.07, 6.45) is 6.30. The largest absolute Gasteiger partial charge is 0.313 e. The summed E-state index contributed by atoms with van der Waals surface area (Å²) in [6.45, 7) is 6.58. The summed E-state index contributed by atoms with van der Waals surface area (Å²) >= 11 is 0. The Labute approximate surface area is 115 Å². The van der Waals surface area contributed by atoms with E-state index in [4.69, 9.17) is 0 Å². The van der Waals surface area contributed by atoms with Gasteiger partial charge in [-0.05, 0) is 49.1 Å². The smallest absolute Gasteiger partial charge is 0.0645 e. The summed E-state index contributed by atoms with van der Waals surface area (Å²) in [5, 5.41) is 7.71. The number of hydrogen-bond donors (Lipinski definition) is 1. The number of benzene rings is 1. The molecule has 102 valence electrons. The maximum Gasteiger partial charge on any atom is 0.0645 e. The Kier molecular flexibility index (Phi) is 5.16. The van der Waals surface area contributed by atoms with Gasteiger partial charge in [-0.1, -0.05) is 26.0 Å². The van der Waals surface area contributed by atoms with Crippen LogP contribution < -0.4 is 5.32 Å². The van der Waals surface area contributed by atoms with Crippen molar-refractivity contribution in [3.8, 4) is 5.69 Å². The fourth-order valence-electron chi connectivity index (χ4n) is 2.06. The Morgan fingerprint density at radius 1 is 1.21 bits per heavy atom. The molecule has 19 heavy (non-hydrogen) atoms. The lowest BCUT2D eigenvalue weighted by molar-refractivity contribution is 0.527. The molecule has 0 saturated carbocycles. The molecule has 0 amide bonds. The molecule has 1 aromatic carbocycles. The average Bonchev–Trinajstić information content (AvgIpc) is 2.93. The minimum Gasteiger partial charge on any atom is -0.313 e. The predicted molar refractivity (Wildman–Crippen MR) is 79.3 cm³/mol. The first-order valence-electron chi connectivity index (χ1n) is 7.05. The molecule has 1 heterocycles. The summed E-state index contributed by atoms with van der Waals surface area (Å²) < 4.78 is 1.87. The van der Waals surface area contributed by atoms with Crippen molar-refractivity contribution in [2.24, 2.45) is 5.92 Å². The van der Waals surface area contributed by atoms with Gasteiger partial charge in [-0.15, -0.1) is 0 Å². The Balaban J connectivity index is 1.76. The van der Waals surface area contributed by atoms with E-state index >= 15 is 0 Å². The van der Waals surface area contributed by atoms with Crippen LogP contribution in [0.5, 0.6) is 0 Å². The minimum absolute atomic E-state index is 0.801. The lowest BCUT2D eigenvalue weighted by Crippen LogP contribution is -2.15. The van der Waals surface area contributed by atoms with E-state index in [0.29, 0.717) is 0 Å². The van der Waals surface area contributed by atoms with E-state index in [2.05, 4.69) is 48.5 Å². The van der Waals surface area contributed by atoms with Gasteiger partial charge >= 0.3 is 0 Å². The standard InChI is InChI=1S/C16H23N3/c1-14(2)5-3-10-17-13-15-6-8-16(9-7-15)19-12-4-11-18-19/h4,6-9,11-12,14,17H,3,5,10,13H2,1-2H3. The summed E-state index contributed by atoms with van der Waals surface area (Å²) in [5.74, 6) is 0.801. The van der Waals surface area contributed by atoms with Gasteiger partial charge in [-0.2, -0.15) is 5.10 Å². The molecule has 0 radical (unpaired) electrons. The zero-order valence-corrected chi connectivity index (χ0v) is 11.8.